The summed E-state index contributed by atoms with van der Waals surface area (Å²) in [7, 11) is 1.27. The molecule has 4 aliphatic heterocycles. The minimum Gasteiger partial charge on any atom is -0.467 e. The molecular formula is C37H42ClF6N5O5. The number of carbonyl (C=O) groups is 1. The molecule has 4 aliphatic rings. The highest BCUT2D eigenvalue weighted by Crippen LogP contribution is 2.47. The quantitative estimate of drug-likeness (QED) is 0.166. The van der Waals surface area contributed by atoms with Crippen molar-refractivity contribution < 1.29 is 50.1 Å². The molecule has 0 aliphatic carbocycles. The van der Waals surface area contributed by atoms with Crippen molar-refractivity contribution in [3.8, 4) is 22.9 Å². The van der Waals surface area contributed by atoms with Crippen LogP contribution in [0.2, 0.25) is 5.02 Å². The lowest BCUT2D eigenvalue weighted by Gasteiger charge is -2.47. The smallest absolute Gasteiger partial charge is 0.417 e. The summed E-state index contributed by atoms with van der Waals surface area (Å²) in [6, 6.07) is 1.72. The van der Waals surface area contributed by atoms with E-state index in [1.54, 1.807) is 25.7 Å². The first-order valence-electron chi connectivity index (χ1n) is 17.8. The van der Waals surface area contributed by atoms with Crippen LogP contribution in [0.1, 0.15) is 65.4 Å². The first-order chi connectivity index (χ1) is 25.3. The highest BCUT2D eigenvalue weighted by Gasteiger charge is 2.53. The minimum atomic E-state index is -4.96. The van der Waals surface area contributed by atoms with Crippen LogP contribution in [0.15, 0.2) is 18.2 Å². The number of hydrogen-bond donors (Lipinski definition) is 0. The predicted molar refractivity (Wildman–Crippen MR) is 188 cm³/mol. The number of piperazine rings is 1. The second kappa shape index (κ2) is 13.8. The van der Waals surface area contributed by atoms with E-state index in [4.69, 9.17) is 30.5 Å². The monoisotopic (exact) mass is 785 g/mol. The topological polar surface area (TPSA) is 89.5 Å². The zero-order chi connectivity index (χ0) is 39.0. The highest BCUT2D eigenvalue weighted by atomic mass is 35.5. The number of ether oxygens (including phenoxy) is 4. The van der Waals surface area contributed by atoms with Gasteiger partial charge in [-0.1, -0.05) is 11.6 Å². The molecule has 4 atom stereocenters. The minimum absolute atomic E-state index is 0.00192. The molecule has 0 N–H and O–H groups in total. The van der Waals surface area contributed by atoms with Crippen LogP contribution in [0.3, 0.4) is 0 Å². The van der Waals surface area contributed by atoms with Gasteiger partial charge in [-0.2, -0.15) is 23.1 Å². The van der Waals surface area contributed by atoms with E-state index in [0.717, 1.165) is 18.6 Å². The normalized spacial score (nSPS) is 25.8. The Labute approximate surface area is 313 Å². The lowest BCUT2D eigenvalue weighted by Crippen LogP contribution is -2.63. The summed E-state index contributed by atoms with van der Waals surface area (Å²) < 4.78 is 112. The zero-order valence-corrected chi connectivity index (χ0v) is 31.3. The molecule has 1 aromatic heterocycles. The fourth-order valence-corrected chi connectivity index (χ4v) is 8.90. The maximum atomic E-state index is 17.0. The Balaban J connectivity index is 1.35. The third-order valence-electron chi connectivity index (χ3n) is 10.9. The maximum absolute atomic E-state index is 17.0. The predicted octanol–water partition coefficient (Wildman–Crippen LogP) is 8.16. The first kappa shape index (κ1) is 38.5. The molecule has 2 bridgehead atoms. The molecule has 4 fully saturated rings. The van der Waals surface area contributed by atoms with Crippen LogP contribution in [-0.4, -0.2) is 101 Å². The van der Waals surface area contributed by atoms with Crippen molar-refractivity contribution in [2.24, 2.45) is 0 Å². The van der Waals surface area contributed by atoms with Gasteiger partial charge in [0.1, 0.15) is 41.3 Å². The van der Waals surface area contributed by atoms with Crippen LogP contribution in [0.4, 0.5) is 37.0 Å². The number of halogens is 7. The van der Waals surface area contributed by atoms with E-state index in [2.05, 4.69) is 9.97 Å². The fourth-order valence-electron chi connectivity index (χ4n) is 8.64. The van der Waals surface area contributed by atoms with Gasteiger partial charge in [0.25, 0.3) is 0 Å². The van der Waals surface area contributed by atoms with Gasteiger partial charge in [-0.3, -0.25) is 9.80 Å². The Bertz CT molecular complexity index is 1970. The molecular weight excluding hydrogens is 744 g/mol. The zero-order valence-electron chi connectivity index (χ0n) is 30.6. The number of methoxy groups -OCH3 is 1. The van der Waals surface area contributed by atoms with E-state index in [9.17, 15) is 22.4 Å². The molecule has 0 saturated carbocycles. The Morgan fingerprint density at radius 1 is 1.07 bits per heavy atom. The summed E-state index contributed by atoms with van der Waals surface area (Å²) in [6.45, 7) is 8.19. The molecule has 1 amide bonds. The molecule has 294 valence electrons. The average Bonchev–Trinajstić information content (AvgIpc) is 3.66. The second-order valence-corrected chi connectivity index (χ2v) is 16.3. The second-order valence-electron chi connectivity index (χ2n) is 15.9. The third kappa shape index (κ3) is 6.97. The summed E-state index contributed by atoms with van der Waals surface area (Å²) in [6.07, 6.45) is -3.46. The van der Waals surface area contributed by atoms with E-state index in [1.165, 1.54) is 7.11 Å². The van der Waals surface area contributed by atoms with E-state index in [1.807, 2.05) is 16.7 Å². The summed E-state index contributed by atoms with van der Waals surface area (Å²) >= 11 is 5.96. The van der Waals surface area contributed by atoms with Gasteiger partial charge < -0.3 is 23.8 Å². The van der Waals surface area contributed by atoms with Gasteiger partial charge in [-0.05, 0) is 72.1 Å². The van der Waals surface area contributed by atoms with Crippen molar-refractivity contribution in [1.82, 2.24) is 19.8 Å². The van der Waals surface area contributed by atoms with Crippen molar-refractivity contribution in [1.29, 1.82) is 0 Å². The molecule has 5 heterocycles. The van der Waals surface area contributed by atoms with Crippen molar-refractivity contribution >= 4 is 34.4 Å². The van der Waals surface area contributed by atoms with Crippen LogP contribution in [0, 0.1) is 11.6 Å². The summed E-state index contributed by atoms with van der Waals surface area (Å²) in [5, 5.41) is -0.805. The number of anilines is 1. The van der Waals surface area contributed by atoms with E-state index in [0.29, 0.717) is 31.9 Å². The van der Waals surface area contributed by atoms with Gasteiger partial charge >= 0.3 is 18.3 Å². The molecule has 3 aromatic rings. The number of benzene rings is 2. The van der Waals surface area contributed by atoms with Crippen LogP contribution < -0.4 is 14.4 Å². The highest BCUT2D eigenvalue weighted by molar-refractivity contribution is 6.31. The Morgan fingerprint density at radius 3 is 2.52 bits per heavy atom. The molecule has 0 spiro atoms. The molecule has 4 saturated heterocycles. The lowest BCUT2D eigenvalue weighted by molar-refractivity contribution is -0.137. The van der Waals surface area contributed by atoms with Crippen molar-refractivity contribution in [2.45, 2.75) is 94.9 Å². The number of hydrogen-bond acceptors (Lipinski definition) is 9. The number of amides is 1. The van der Waals surface area contributed by atoms with Gasteiger partial charge in [-0.15, -0.1) is 0 Å². The van der Waals surface area contributed by atoms with E-state index >= 15 is 8.78 Å². The van der Waals surface area contributed by atoms with Gasteiger partial charge in [0.05, 0.1) is 33.3 Å². The van der Waals surface area contributed by atoms with Crippen LogP contribution in [-0.2, 0) is 15.7 Å². The molecule has 10 nitrogen and oxygen atoms in total. The Hall–Kier alpha value is -3.76. The standard InChI is InChI=1S/C37H42ClF6N5O5/c1-34(2,3)54-33(50)49-21-7-9-35(49,4)17-47(16-21)31-23-12-26(40)28(22-11-24(37(42,43)44)25(38)13-27(22)53-19-51-5)29(41)30(23)45-32(46-31)52-18-36-8-6-10-48(36)15-20(39)14-36/h11-13,20-21H,6-10,14-19H2,1-5H3/t20-,21-,35+,36+/m1/s1. The third-order valence-corrected chi connectivity index (χ3v) is 11.2. The van der Waals surface area contributed by atoms with Crippen LogP contribution >= 0.6 is 11.6 Å². The Kier molecular flexibility index (Phi) is 9.82. The van der Waals surface area contributed by atoms with E-state index in [-0.39, 0.29) is 61.7 Å². The number of fused-ring (bicyclic) bond motifs is 4. The number of carbonyl (C=O) groups excluding carboxylic acids is 1. The van der Waals surface area contributed by atoms with Gasteiger partial charge in [-0.25, -0.2) is 18.0 Å². The number of rotatable bonds is 8. The molecule has 54 heavy (non-hydrogen) atoms. The van der Waals surface area contributed by atoms with Crippen molar-refractivity contribution in [3.05, 3.63) is 40.4 Å². The molecule has 0 radical (unpaired) electrons. The maximum Gasteiger partial charge on any atom is 0.417 e. The number of nitrogens with zero attached hydrogens (tertiary/aromatic N) is 5. The first-order valence-corrected chi connectivity index (χ1v) is 18.2. The summed E-state index contributed by atoms with van der Waals surface area (Å²) in [5.41, 5.74) is -5.25. The van der Waals surface area contributed by atoms with E-state index < -0.39 is 80.8 Å². The van der Waals surface area contributed by atoms with Crippen molar-refractivity contribution in [2.75, 3.05) is 51.6 Å². The molecule has 2 aromatic carbocycles. The van der Waals surface area contributed by atoms with Gasteiger partial charge in [0.15, 0.2) is 12.6 Å². The number of aromatic nitrogens is 2. The largest absolute Gasteiger partial charge is 0.467 e. The van der Waals surface area contributed by atoms with Gasteiger partial charge in [0.2, 0.25) is 0 Å². The van der Waals surface area contributed by atoms with Crippen LogP contribution in [0.25, 0.3) is 22.0 Å². The summed E-state index contributed by atoms with van der Waals surface area (Å²) in [5.74, 6) is -2.75. The number of alkyl halides is 4. The van der Waals surface area contributed by atoms with Crippen molar-refractivity contribution in [3.63, 3.8) is 0 Å². The van der Waals surface area contributed by atoms with Gasteiger partial charge in [0, 0.05) is 50.2 Å². The Morgan fingerprint density at radius 2 is 1.83 bits per heavy atom. The van der Waals surface area contributed by atoms with Crippen LogP contribution in [0.5, 0.6) is 11.8 Å². The molecule has 0 unspecified atom stereocenters. The fraction of sp³-hybridized carbons (Fsp3) is 0.595. The summed E-state index contributed by atoms with van der Waals surface area (Å²) in [4.78, 5) is 28.0. The average molecular weight is 786 g/mol. The lowest BCUT2D eigenvalue weighted by atomic mass is 9.95. The molecule has 17 heteroatoms. The molecule has 7 rings (SSSR count). The SMILES string of the molecule is COCOc1cc(Cl)c(C(F)(F)F)cc1-c1c(F)cc2c(N3C[C@H]4CC[C@@](C)(C3)N4C(=O)OC(C)(C)C)nc(OC[C@@]34CCCN3C[C@H](F)C4)nc2c1F.